The molecule has 0 atom stereocenters. The van der Waals surface area contributed by atoms with Gasteiger partial charge in [0, 0.05) is 71.7 Å². The van der Waals surface area contributed by atoms with Crippen molar-refractivity contribution >= 4 is 30.7 Å². The zero-order valence-electron chi connectivity index (χ0n) is 15.4. The first-order valence-corrected chi connectivity index (χ1v) is 8.99. The smallest absolute Gasteiger partial charge is 0.226 e. The predicted octanol–water partition coefficient (Wildman–Crippen LogP) is 0.415. The third-order valence-corrected chi connectivity index (χ3v) is 4.75. The number of carbonyl (C=O) groups excluding carboxylic acids is 1. The Morgan fingerprint density at radius 1 is 1.08 bits per heavy atom. The van der Waals surface area contributed by atoms with Crippen molar-refractivity contribution < 1.29 is 9.32 Å². The van der Waals surface area contributed by atoms with E-state index in [1.54, 1.807) is 0 Å². The standard InChI is InChI=1S/C16H28N6O2.2ClH/c1-2-15-18-14(19-24-15)13-21-11-9-20(10-12-21)6-3-16(23)22-7-4-17-5-8-22;;/h17H,2-13H2,1H3;2*1H. The number of amides is 1. The lowest BCUT2D eigenvalue weighted by Gasteiger charge is -2.34. The summed E-state index contributed by atoms with van der Waals surface area (Å²) in [5, 5.41) is 7.29. The Morgan fingerprint density at radius 3 is 2.35 bits per heavy atom. The zero-order chi connectivity index (χ0) is 16.8. The SMILES string of the molecule is CCc1nc(CN2CCN(CCC(=O)N3CCNCC3)CC2)no1.Cl.Cl. The minimum Gasteiger partial charge on any atom is -0.340 e. The van der Waals surface area contributed by atoms with E-state index in [-0.39, 0.29) is 30.7 Å². The van der Waals surface area contributed by atoms with Gasteiger partial charge in [-0.2, -0.15) is 4.98 Å². The lowest BCUT2D eigenvalue weighted by Crippen LogP contribution is -2.49. The summed E-state index contributed by atoms with van der Waals surface area (Å²) in [5.41, 5.74) is 0. The van der Waals surface area contributed by atoms with Crippen LogP contribution in [0.3, 0.4) is 0 Å². The molecule has 3 heterocycles. The van der Waals surface area contributed by atoms with Gasteiger partial charge in [0.1, 0.15) is 0 Å². The highest BCUT2D eigenvalue weighted by molar-refractivity contribution is 5.85. The molecule has 1 N–H and O–H groups in total. The van der Waals surface area contributed by atoms with Gasteiger partial charge in [0.2, 0.25) is 11.8 Å². The third kappa shape index (κ3) is 6.66. The highest BCUT2D eigenvalue weighted by Crippen LogP contribution is 2.08. The van der Waals surface area contributed by atoms with Crippen molar-refractivity contribution in [1.82, 2.24) is 30.2 Å². The number of piperazine rings is 2. The number of nitrogens with one attached hydrogen (secondary N) is 1. The van der Waals surface area contributed by atoms with Crippen LogP contribution in [0.4, 0.5) is 0 Å². The van der Waals surface area contributed by atoms with E-state index >= 15 is 0 Å². The molecule has 3 rings (SSSR count). The van der Waals surface area contributed by atoms with Gasteiger partial charge >= 0.3 is 0 Å². The van der Waals surface area contributed by atoms with Crippen molar-refractivity contribution in [1.29, 1.82) is 0 Å². The summed E-state index contributed by atoms with van der Waals surface area (Å²) in [4.78, 5) is 23.3. The summed E-state index contributed by atoms with van der Waals surface area (Å²) < 4.78 is 5.15. The van der Waals surface area contributed by atoms with Crippen LogP contribution in [0.25, 0.3) is 0 Å². The van der Waals surface area contributed by atoms with Crippen LogP contribution in [0, 0.1) is 0 Å². The number of nitrogens with zero attached hydrogens (tertiary/aromatic N) is 5. The van der Waals surface area contributed by atoms with E-state index in [9.17, 15) is 4.79 Å². The predicted molar refractivity (Wildman–Crippen MR) is 104 cm³/mol. The largest absolute Gasteiger partial charge is 0.340 e. The van der Waals surface area contributed by atoms with Gasteiger partial charge in [-0.3, -0.25) is 9.69 Å². The first-order chi connectivity index (χ1) is 11.7. The lowest BCUT2D eigenvalue weighted by atomic mass is 10.2. The molecule has 0 spiro atoms. The second-order valence-corrected chi connectivity index (χ2v) is 6.46. The molecule has 0 saturated carbocycles. The number of hydrogen-bond acceptors (Lipinski definition) is 7. The molecular weight excluding hydrogens is 379 g/mol. The van der Waals surface area contributed by atoms with Gasteiger partial charge in [-0.05, 0) is 0 Å². The van der Waals surface area contributed by atoms with E-state index in [4.69, 9.17) is 4.52 Å². The van der Waals surface area contributed by atoms with Crippen molar-refractivity contribution in [2.24, 2.45) is 0 Å². The Balaban J connectivity index is 0.00000169. The highest BCUT2D eigenvalue weighted by Gasteiger charge is 2.21. The van der Waals surface area contributed by atoms with Gasteiger partial charge in [0.25, 0.3) is 0 Å². The van der Waals surface area contributed by atoms with Crippen LogP contribution in [0.2, 0.25) is 0 Å². The van der Waals surface area contributed by atoms with Crippen LogP contribution in [-0.2, 0) is 17.8 Å². The second kappa shape index (κ2) is 11.7. The molecule has 2 saturated heterocycles. The monoisotopic (exact) mass is 408 g/mol. The molecule has 0 bridgehead atoms. The van der Waals surface area contributed by atoms with Gasteiger partial charge in [-0.1, -0.05) is 12.1 Å². The second-order valence-electron chi connectivity index (χ2n) is 6.46. The lowest BCUT2D eigenvalue weighted by molar-refractivity contribution is -0.132. The van der Waals surface area contributed by atoms with E-state index < -0.39 is 0 Å². The summed E-state index contributed by atoms with van der Waals surface area (Å²) >= 11 is 0. The van der Waals surface area contributed by atoms with Crippen molar-refractivity contribution in [3.8, 4) is 0 Å². The Morgan fingerprint density at radius 2 is 1.73 bits per heavy atom. The molecule has 8 nitrogen and oxygen atoms in total. The first-order valence-electron chi connectivity index (χ1n) is 8.99. The Kier molecular flexibility index (Phi) is 10.4. The normalized spacial score (nSPS) is 18.9. The molecule has 0 radical (unpaired) electrons. The minimum atomic E-state index is 0. The maximum absolute atomic E-state index is 12.2. The molecule has 26 heavy (non-hydrogen) atoms. The molecule has 2 aliphatic rings. The summed E-state index contributed by atoms with van der Waals surface area (Å²) in [5.74, 6) is 1.77. The minimum absolute atomic E-state index is 0. The summed E-state index contributed by atoms with van der Waals surface area (Å²) in [6.07, 6.45) is 1.41. The van der Waals surface area contributed by atoms with Crippen LogP contribution in [0.15, 0.2) is 4.52 Å². The Bertz CT molecular complexity index is 531. The quantitative estimate of drug-likeness (QED) is 0.730. The van der Waals surface area contributed by atoms with Gasteiger partial charge in [0.05, 0.1) is 6.54 Å². The molecule has 1 aromatic heterocycles. The number of rotatable bonds is 6. The Labute approximate surface area is 167 Å². The average Bonchev–Trinajstić information content (AvgIpc) is 3.09. The molecule has 0 aromatic carbocycles. The molecule has 0 unspecified atom stereocenters. The fourth-order valence-corrected chi connectivity index (χ4v) is 3.20. The van der Waals surface area contributed by atoms with Crippen molar-refractivity contribution in [2.45, 2.75) is 26.3 Å². The first kappa shape index (κ1) is 23.1. The van der Waals surface area contributed by atoms with Crippen molar-refractivity contribution in [2.75, 3.05) is 58.9 Å². The Hall–Kier alpha value is -0.930. The topological polar surface area (TPSA) is 77.7 Å². The highest BCUT2D eigenvalue weighted by atomic mass is 35.5. The van der Waals surface area contributed by atoms with E-state index in [1.807, 2.05) is 11.8 Å². The molecule has 150 valence electrons. The summed E-state index contributed by atoms with van der Waals surface area (Å²) in [6, 6.07) is 0. The van der Waals surface area contributed by atoms with Crippen LogP contribution < -0.4 is 5.32 Å². The number of hydrogen-bond donors (Lipinski definition) is 1. The molecule has 1 aromatic rings. The van der Waals surface area contributed by atoms with E-state index in [0.29, 0.717) is 12.3 Å². The molecular formula is C16H30Cl2N6O2. The maximum atomic E-state index is 12.2. The van der Waals surface area contributed by atoms with E-state index in [1.165, 1.54) is 0 Å². The fourth-order valence-electron chi connectivity index (χ4n) is 3.20. The summed E-state index contributed by atoms with van der Waals surface area (Å²) in [6.45, 7) is 11.1. The van der Waals surface area contributed by atoms with Crippen molar-refractivity contribution in [3.63, 3.8) is 0 Å². The van der Waals surface area contributed by atoms with E-state index in [0.717, 1.165) is 77.7 Å². The average molecular weight is 409 g/mol. The van der Waals surface area contributed by atoms with Crippen LogP contribution in [-0.4, -0.2) is 89.7 Å². The van der Waals surface area contributed by atoms with Gasteiger partial charge in [-0.15, -0.1) is 24.8 Å². The number of aromatic nitrogens is 2. The van der Waals surface area contributed by atoms with Crippen molar-refractivity contribution in [3.05, 3.63) is 11.7 Å². The molecule has 1 amide bonds. The van der Waals surface area contributed by atoms with Crippen LogP contribution in [0.1, 0.15) is 25.1 Å². The number of halogens is 2. The summed E-state index contributed by atoms with van der Waals surface area (Å²) in [7, 11) is 0. The molecule has 2 fully saturated rings. The van der Waals surface area contributed by atoms with Crippen LogP contribution in [0.5, 0.6) is 0 Å². The van der Waals surface area contributed by atoms with Crippen LogP contribution >= 0.6 is 24.8 Å². The fraction of sp³-hybridized carbons (Fsp3) is 0.812. The maximum Gasteiger partial charge on any atom is 0.226 e. The number of aryl methyl sites for hydroxylation is 1. The van der Waals surface area contributed by atoms with Gasteiger partial charge in [0.15, 0.2) is 5.82 Å². The molecule has 0 aliphatic carbocycles. The third-order valence-electron chi connectivity index (χ3n) is 4.75. The van der Waals surface area contributed by atoms with E-state index in [2.05, 4.69) is 25.3 Å². The van der Waals surface area contributed by atoms with Gasteiger partial charge < -0.3 is 19.6 Å². The molecule has 10 heteroatoms. The number of carbonyl (C=O) groups is 1. The molecule has 2 aliphatic heterocycles. The zero-order valence-corrected chi connectivity index (χ0v) is 17.0. The van der Waals surface area contributed by atoms with Gasteiger partial charge in [-0.25, -0.2) is 0 Å².